The zero-order valence-electron chi connectivity index (χ0n) is 24.2. The second-order valence-electron chi connectivity index (χ2n) is 13.6. The summed E-state index contributed by atoms with van der Waals surface area (Å²) in [6.45, 7) is 8.52. The van der Waals surface area contributed by atoms with Crippen LogP contribution in [0.5, 0.6) is 0 Å². The Labute approximate surface area is 236 Å². The Kier molecular flexibility index (Phi) is 6.69. The fraction of sp³-hybridized carbons (Fsp3) is 0.750. The van der Waals surface area contributed by atoms with E-state index < -0.39 is 46.6 Å². The Morgan fingerprint density at radius 1 is 0.975 bits per heavy atom. The predicted octanol–water partition coefficient (Wildman–Crippen LogP) is 4.41. The van der Waals surface area contributed by atoms with E-state index in [-0.39, 0.29) is 23.7 Å². The molecule has 0 bridgehead atoms. The Morgan fingerprint density at radius 3 is 2.35 bits per heavy atom. The number of fused-ring (bicyclic) bond motifs is 5. The van der Waals surface area contributed by atoms with Gasteiger partial charge in [-0.15, -0.1) is 0 Å². The van der Waals surface area contributed by atoms with Crippen molar-refractivity contribution in [1.29, 1.82) is 0 Å². The quantitative estimate of drug-likeness (QED) is 0.525. The summed E-state index contributed by atoms with van der Waals surface area (Å²) in [7, 11) is 0. The third-order valence-corrected chi connectivity index (χ3v) is 12.2. The van der Waals surface area contributed by atoms with E-state index in [1.807, 2.05) is 13.0 Å². The maximum absolute atomic E-state index is 13.0. The first-order valence-corrected chi connectivity index (χ1v) is 15.0. The molecule has 1 aliphatic heterocycles. The number of esters is 2. The molecule has 8 nitrogen and oxygen atoms in total. The van der Waals surface area contributed by atoms with E-state index in [1.54, 1.807) is 31.2 Å². The molecule has 5 aliphatic rings. The minimum Gasteiger partial charge on any atom is -0.462 e. The number of ether oxygens (including phenoxy) is 4. The smallest absolute Gasteiger partial charge is 0.338 e. The molecular formula is C32H44O8. The van der Waals surface area contributed by atoms with Gasteiger partial charge in [0.25, 0.3) is 0 Å². The van der Waals surface area contributed by atoms with E-state index in [0.29, 0.717) is 37.5 Å². The third kappa shape index (κ3) is 3.85. The number of carbonyl (C=O) groups is 2. The molecule has 9 atom stereocenters. The lowest BCUT2D eigenvalue weighted by atomic mass is 9.42. The predicted molar refractivity (Wildman–Crippen MR) is 145 cm³/mol. The van der Waals surface area contributed by atoms with Crippen molar-refractivity contribution in [1.82, 2.24) is 0 Å². The second kappa shape index (κ2) is 9.51. The maximum Gasteiger partial charge on any atom is 0.338 e. The van der Waals surface area contributed by atoms with Crippen molar-refractivity contribution in [3.63, 3.8) is 0 Å². The van der Waals surface area contributed by atoms with Gasteiger partial charge >= 0.3 is 11.9 Å². The van der Waals surface area contributed by atoms with Crippen LogP contribution in [0.1, 0.15) is 89.4 Å². The van der Waals surface area contributed by atoms with Crippen LogP contribution in [0.2, 0.25) is 0 Å². The summed E-state index contributed by atoms with van der Waals surface area (Å²) in [6, 6.07) is 8.70. The summed E-state index contributed by atoms with van der Waals surface area (Å²) in [4.78, 5) is 25.5. The van der Waals surface area contributed by atoms with E-state index in [1.165, 1.54) is 6.92 Å². The Balaban J connectivity index is 1.33. The molecule has 1 saturated heterocycles. The van der Waals surface area contributed by atoms with Gasteiger partial charge in [0, 0.05) is 19.8 Å². The minimum absolute atomic E-state index is 0.0731. The van der Waals surface area contributed by atoms with Crippen molar-refractivity contribution in [3.8, 4) is 0 Å². The second-order valence-corrected chi connectivity index (χ2v) is 13.6. The monoisotopic (exact) mass is 556 g/mol. The van der Waals surface area contributed by atoms with Gasteiger partial charge in [-0.1, -0.05) is 32.0 Å². The number of aliphatic hydroxyl groups is 2. The first-order valence-electron chi connectivity index (χ1n) is 15.0. The van der Waals surface area contributed by atoms with Crippen LogP contribution in [0.3, 0.4) is 0 Å². The zero-order chi connectivity index (χ0) is 28.6. The highest BCUT2D eigenvalue weighted by Gasteiger charge is 2.77. The molecule has 6 rings (SSSR count). The van der Waals surface area contributed by atoms with Crippen molar-refractivity contribution in [2.75, 3.05) is 13.2 Å². The van der Waals surface area contributed by atoms with Crippen LogP contribution in [0.15, 0.2) is 30.3 Å². The van der Waals surface area contributed by atoms with Crippen molar-refractivity contribution < 1.29 is 38.7 Å². The molecule has 40 heavy (non-hydrogen) atoms. The van der Waals surface area contributed by atoms with Gasteiger partial charge in [0.05, 0.1) is 29.8 Å². The molecule has 0 aromatic heterocycles. The normalized spacial score (nSPS) is 44.2. The Bertz CT molecular complexity index is 1150. The van der Waals surface area contributed by atoms with Crippen LogP contribution in [0, 0.1) is 28.6 Å². The highest BCUT2D eigenvalue weighted by molar-refractivity contribution is 5.89. The molecule has 2 N–H and O–H groups in total. The first-order chi connectivity index (χ1) is 18.9. The number of hydrogen-bond donors (Lipinski definition) is 2. The van der Waals surface area contributed by atoms with Gasteiger partial charge in [0.15, 0.2) is 5.79 Å². The molecule has 5 fully saturated rings. The number of rotatable bonds is 4. The van der Waals surface area contributed by atoms with Gasteiger partial charge in [0.1, 0.15) is 17.8 Å². The lowest BCUT2D eigenvalue weighted by Crippen LogP contribution is -2.72. The molecule has 8 heteroatoms. The summed E-state index contributed by atoms with van der Waals surface area (Å²) < 4.78 is 24.1. The topological polar surface area (TPSA) is 112 Å². The van der Waals surface area contributed by atoms with Gasteiger partial charge in [0.2, 0.25) is 0 Å². The van der Waals surface area contributed by atoms with Gasteiger partial charge in [-0.3, -0.25) is 4.79 Å². The van der Waals surface area contributed by atoms with E-state index in [4.69, 9.17) is 18.9 Å². The lowest BCUT2D eigenvalue weighted by molar-refractivity contribution is -0.296. The molecular weight excluding hydrogens is 512 g/mol. The van der Waals surface area contributed by atoms with E-state index >= 15 is 0 Å². The van der Waals surface area contributed by atoms with Crippen molar-refractivity contribution in [2.45, 2.75) is 108 Å². The molecule has 220 valence electrons. The molecule has 1 spiro atoms. The van der Waals surface area contributed by atoms with Crippen molar-refractivity contribution in [3.05, 3.63) is 35.9 Å². The fourth-order valence-corrected chi connectivity index (χ4v) is 9.86. The fourth-order valence-electron chi connectivity index (χ4n) is 9.86. The molecule has 4 aliphatic carbocycles. The van der Waals surface area contributed by atoms with Crippen LogP contribution in [0.4, 0.5) is 0 Å². The molecule has 1 aromatic rings. The minimum atomic E-state index is -1.59. The molecule has 0 radical (unpaired) electrons. The third-order valence-electron chi connectivity index (χ3n) is 12.2. The highest BCUT2D eigenvalue weighted by atomic mass is 16.7. The average molecular weight is 557 g/mol. The maximum atomic E-state index is 13.0. The average Bonchev–Trinajstić information content (AvgIpc) is 3.47. The summed E-state index contributed by atoms with van der Waals surface area (Å²) in [6.07, 6.45) is 3.82. The number of hydrogen-bond acceptors (Lipinski definition) is 8. The first kappa shape index (κ1) is 28.1. The Morgan fingerprint density at radius 2 is 1.68 bits per heavy atom. The number of benzene rings is 1. The Hall–Kier alpha value is -2.00. The SMILES string of the molecule is CC(=O)OC1CC2C(CCC3CC4(CCC32C)OCCO4)C2(O)CCC(O)(C(C)OC(=O)c3ccccc3)C12C. The molecule has 0 amide bonds. The highest BCUT2D eigenvalue weighted by Crippen LogP contribution is 2.71. The van der Waals surface area contributed by atoms with Crippen LogP contribution < -0.4 is 0 Å². The summed E-state index contributed by atoms with van der Waals surface area (Å²) in [5.74, 6) is -1.05. The molecule has 1 aromatic carbocycles. The molecule has 4 saturated carbocycles. The summed E-state index contributed by atoms with van der Waals surface area (Å²) in [5.41, 5.74) is -3.78. The summed E-state index contributed by atoms with van der Waals surface area (Å²) in [5, 5.41) is 25.2. The van der Waals surface area contributed by atoms with Crippen molar-refractivity contribution in [2.24, 2.45) is 28.6 Å². The molecule has 9 unspecified atom stereocenters. The number of carbonyl (C=O) groups excluding carboxylic acids is 2. The van der Waals surface area contributed by atoms with E-state index in [0.717, 1.165) is 32.1 Å². The van der Waals surface area contributed by atoms with Crippen LogP contribution in [-0.4, -0.2) is 64.6 Å². The van der Waals surface area contributed by atoms with Crippen LogP contribution >= 0.6 is 0 Å². The van der Waals surface area contributed by atoms with Gasteiger partial charge in [-0.25, -0.2) is 4.79 Å². The van der Waals surface area contributed by atoms with E-state index in [2.05, 4.69) is 6.92 Å². The van der Waals surface area contributed by atoms with Gasteiger partial charge in [-0.2, -0.15) is 0 Å². The van der Waals surface area contributed by atoms with Crippen molar-refractivity contribution >= 4 is 11.9 Å². The van der Waals surface area contributed by atoms with Gasteiger partial charge in [-0.05, 0) is 80.8 Å². The zero-order valence-corrected chi connectivity index (χ0v) is 24.2. The largest absolute Gasteiger partial charge is 0.462 e. The van der Waals surface area contributed by atoms with Gasteiger partial charge < -0.3 is 29.2 Å². The van der Waals surface area contributed by atoms with E-state index in [9.17, 15) is 19.8 Å². The van der Waals surface area contributed by atoms with Crippen LogP contribution in [-0.2, 0) is 23.7 Å². The standard InChI is InChI=1S/C32H44O8/c1-20(39-27(34)22-8-6-5-7-9-22)31(35)14-15-32(36)24-11-10-23-19-30(37-16-17-38-30)13-12-28(23,3)25(24)18-26(29(31,32)4)40-21(2)33/h5-9,20,23-26,35-36H,10-19H2,1-4H3. The lowest BCUT2D eigenvalue weighted by Gasteiger charge is -2.66. The van der Waals surface area contributed by atoms with Crippen LogP contribution in [0.25, 0.3) is 0 Å². The molecule has 1 heterocycles. The summed E-state index contributed by atoms with van der Waals surface area (Å²) >= 11 is 0.